The van der Waals surface area contributed by atoms with Crippen LogP contribution in [0.15, 0.2) is 24.3 Å². The van der Waals surface area contributed by atoms with E-state index < -0.39 is 0 Å². The zero-order valence-electron chi connectivity index (χ0n) is 10.3. The van der Waals surface area contributed by atoms with Crippen LogP contribution in [0.25, 0.3) is 0 Å². The maximum Gasteiger partial charge on any atom is 0.321 e. The molecule has 1 aliphatic heterocycles. The zero-order valence-corrected chi connectivity index (χ0v) is 10.3. The van der Waals surface area contributed by atoms with Gasteiger partial charge in [-0.15, -0.1) is 0 Å². The van der Waals surface area contributed by atoms with Crippen molar-refractivity contribution in [1.82, 2.24) is 4.90 Å². The van der Waals surface area contributed by atoms with E-state index >= 15 is 0 Å². The minimum absolute atomic E-state index is 0.109. The number of carbonyl (C=O) groups is 1. The van der Waals surface area contributed by atoms with E-state index in [0.29, 0.717) is 32.5 Å². The monoisotopic (exact) mass is 249 g/mol. The number of aliphatic hydroxyl groups excluding tert-OH is 1. The molecule has 98 valence electrons. The Bertz CT molecular complexity index is 397. The Labute approximate surface area is 107 Å². The molecule has 1 heterocycles. The number of anilines is 1. The second-order valence-corrected chi connectivity index (χ2v) is 4.55. The Kier molecular flexibility index (Phi) is 4.17. The molecular weight excluding hydrogens is 230 g/mol. The van der Waals surface area contributed by atoms with E-state index in [2.05, 4.69) is 5.32 Å². The van der Waals surface area contributed by atoms with Crippen LogP contribution in [0.2, 0.25) is 0 Å². The average molecular weight is 249 g/mol. The zero-order chi connectivity index (χ0) is 13.0. The molecule has 5 heteroatoms. The predicted molar refractivity (Wildman–Crippen MR) is 70.2 cm³/mol. The van der Waals surface area contributed by atoms with Crippen molar-refractivity contribution in [3.63, 3.8) is 0 Å². The van der Waals surface area contributed by atoms with E-state index in [1.54, 1.807) is 4.90 Å². The van der Waals surface area contributed by atoms with Gasteiger partial charge < -0.3 is 21.1 Å². The highest BCUT2D eigenvalue weighted by atomic mass is 16.3. The number of hydrogen-bond acceptors (Lipinski definition) is 3. The normalized spacial score (nSPS) is 16.7. The third-order valence-electron chi connectivity index (χ3n) is 3.19. The van der Waals surface area contributed by atoms with Crippen molar-refractivity contribution in [3.05, 3.63) is 29.8 Å². The first-order chi connectivity index (χ1) is 8.69. The number of amides is 2. The molecule has 0 aliphatic carbocycles. The summed E-state index contributed by atoms with van der Waals surface area (Å²) in [5, 5.41) is 12.2. The van der Waals surface area contributed by atoms with Crippen LogP contribution >= 0.6 is 0 Å². The molecule has 1 aliphatic rings. The Balaban J connectivity index is 1.90. The standard InChI is InChI=1S/C13H19N3O2/c14-9-10-1-3-11(4-2-10)15-13(18)16-7-5-12(17)6-8-16/h1-4,12,17H,5-9,14H2,(H,15,18). The van der Waals surface area contributed by atoms with Crippen molar-refractivity contribution in [2.24, 2.45) is 5.73 Å². The fourth-order valence-electron chi connectivity index (χ4n) is 2.00. The molecule has 0 radical (unpaired) electrons. The van der Waals surface area contributed by atoms with Crippen molar-refractivity contribution in [3.8, 4) is 0 Å². The highest BCUT2D eigenvalue weighted by Gasteiger charge is 2.20. The van der Waals surface area contributed by atoms with Gasteiger partial charge in [0.25, 0.3) is 0 Å². The van der Waals surface area contributed by atoms with Crippen molar-refractivity contribution in [1.29, 1.82) is 0 Å². The molecule has 1 fully saturated rings. The van der Waals surface area contributed by atoms with E-state index in [0.717, 1.165) is 11.3 Å². The van der Waals surface area contributed by atoms with Crippen LogP contribution in [0.4, 0.5) is 10.5 Å². The van der Waals surface area contributed by atoms with E-state index in [1.807, 2.05) is 24.3 Å². The molecule has 2 rings (SSSR count). The van der Waals surface area contributed by atoms with E-state index in [4.69, 9.17) is 5.73 Å². The van der Waals surface area contributed by atoms with Gasteiger partial charge in [0.1, 0.15) is 0 Å². The van der Waals surface area contributed by atoms with Gasteiger partial charge in [0.05, 0.1) is 6.10 Å². The van der Waals surface area contributed by atoms with Crippen LogP contribution in [-0.2, 0) is 6.54 Å². The van der Waals surface area contributed by atoms with E-state index in [9.17, 15) is 9.90 Å². The topological polar surface area (TPSA) is 78.6 Å². The van der Waals surface area contributed by atoms with Crippen LogP contribution in [0, 0.1) is 0 Å². The highest BCUT2D eigenvalue weighted by Crippen LogP contribution is 2.13. The van der Waals surface area contributed by atoms with Crippen molar-refractivity contribution >= 4 is 11.7 Å². The second-order valence-electron chi connectivity index (χ2n) is 4.55. The maximum atomic E-state index is 11.9. The number of nitrogens with one attached hydrogen (secondary N) is 1. The maximum absolute atomic E-state index is 11.9. The molecule has 18 heavy (non-hydrogen) atoms. The molecule has 0 saturated carbocycles. The van der Waals surface area contributed by atoms with Crippen LogP contribution in [-0.4, -0.2) is 35.2 Å². The molecule has 0 unspecified atom stereocenters. The van der Waals surface area contributed by atoms with Crippen LogP contribution in [0.1, 0.15) is 18.4 Å². The molecule has 1 aromatic carbocycles. The summed E-state index contributed by atoms with van der Waals surface area (Å²) in [7, 11) is 0. The molecule has 2 amide bonds. The third kappa shape index (κ3) is 3.21. The molecule has 5 nitrogen and oxygen atoms in total. The van der Waals surface area contributed by atoms with Gasteiger partial charge in [-0.3, -0.25) is 0 Å². The fourth-order valence-corrected chi connectivity index (χ4v) is 2.00. The first kappa shape index (κ1) is 12.9. The summed E-state index contributed by atoms with van der Waals surface area (Å²) in [5.74, 6) is 0. The summed E-state index contributed by atoms with van der Waals surface area (Å²) in [6.45, 7) is 1.71. The predicted octanol–water partition coefficient (Wildman–Crippen LogP) is 1.13. The van der Waals surface area contributed by atoms with Gasteiger partial charge in [-0.2, -0.15) is 0 Å². The van der Waals surface area contributed by atoms with Gasteiger partial charge in [-0.1, -0.05) is 12.1 Å². The number of benzene rings is 1. The number of piperidine rings is 1. The molecule has 1 saturated heterocycles. The number of likely N-dealkylation sites (tertiary alicyclic amines) is 1. The average Bonchev–Trinajstić information content (AvgIpc) is 2.40. The Morgan fingerprint density at radius 3 is 2.50 bits per heavy atom. The minimum Gasteiger partial charge on any atom is -0.393 e. The Morgan fingerprint density at radius 1 is 1.33 bits per heavy atom. The van der Waals surface area contributed by atoms with Gasteiger partial charge >= 0.3 is 6.03 Å². The first-order valence-electron chi connectivity index (χ1n) is 6.22. The van der Waals surface area contributed by atoms with Crippen LogP contribution in [0.3, 0.4) is 0 Å². The van der Waals surface area contributed by atoms with E-state index in [-0.39, 0.29) is 12.1 Å². The van der Waals surface area contributed by atoms with Crippen molar-refractivity contribution in [2.45, 2.75) is 25.5 Å². The third-order valence-corrected chi connectivity index (χ3v) is 3.19. The highest BCUT2D eigenvalue weighted by molar-refractivity contribution is 5.89. The van der Waals surface area contributed by atoms with Crippen molar-refractivity contribution < 1.29 is 9.90 Å². The summed E-state index contributed by atoms with van der Waals surface area (Å²) >= 11 is 0. The summed E-state index contributed by atoms with van der Waals surface area (Å²) < 4.78 is 0. The number of nitrogens with zero attached hydrogens (tertiary/aromatic N) is 1. The van der Waals surface area contributed by atoms with E-state index in [1.165, 1.54) is 0 Å². The SMILES string of the molecule is NCc1ccc(NC(=O)N2CCC(O)CC2)cc1. The quantitative estimate of drug-likeness (QED) is 0.735. The number of aliphatic hydroxyl groups is 1. The first-order valence-corrected chi connectivity index (χ1v) is 6.22. The minimum atomic E-state index is -0.266. The molecular formula is C13H19N3O2. The number of nitrogens with two attached hydrogens (primary N) is 1. The molecule has 4 N–H and O–H groups in total. The summed E-state index contributed by atoms with van der Waals surface area (Å²) in [6, 6.07) is 7.38. The van der Waals surface area contributed by atoms with Gasteiger partial charge in [0.15, 0.2) is 0 Å². The largest absolute Gasteiger partial charge is 0.393 e. The Morgan fingerprint density at radius 2 is 1.94 bits per heavy atom. The summed E-state index contributed by atoms with van der Waals surface area (Å²) in [5.41, 5.74) is 7.31. The number of urea groups is 1. The smallest absolute Gasteiger partial charge is 0.321 e. The number of rotatable bonds is 2. The van der Waals surface area contributed by atoms with Gasteiger partial charge in [-0.25, -0.2) is 4.79 Å². The number of hydrogen-bond donors (Lipinski definition) is 3. The lowest BCUT2D eigenvalue weighted by Gasteiger charge is -2.29. The van der Waals surface area contributed by atoms with Gasteiger partial charge in [0, 0.05) is 25.3 Å². The summed E-state index contributed by atoms with van der Waals surface area (Å²) in [6.07, 6.45) is 1.04. The van der Waals surface area contributed by atoms with Crippen LogP contribution in [0.5, 0.6) is 0 Å². The van der Waals surface area contributed by atoms with Crippen LogP contribution < -0.4 is 11.1 Å². The molecule has 0 aromatic heterocycles. The fraction of sp³-hybridized carbons (Fsp3) is 0.462. The molecule has 0 spiro atoms. The molecule has 0 atom stereocenters. The molecule has 1 aromatic rings. The van der Waals surface area contributed by atoms with Gasteiger partial charge in [0.2, 0.25) is 0 Å². The lowest BCUT2D eigenvalue weighted by Crippen LogP contribution is -2.42. The van der Waals surface area contributed by atoms with Crippen molar-refractivity contribution in [2.75, 3.05) is 18.4 Å². The second kappa shape index (κ2) is 5.84. The van der Waals surface area contributed by atoms with Gasteiger partial charge in [-0.05, 0) is 30.5 Å². The number of carbonyl (C=O) groups excluding carboxylic acids is 1. The Hall–Kier alpha value is -1.59. The lowest BCUT2D eigenvalue weighted by molar-refractivity contribution is 0.0972. The lowest BCUT2D eigenvalue weighted by atomic mass is 10.1. The summed E-state index contributed by atoms with van der Waals surface area (Å²) in [4.78, 5) is 13.7. The molecule has 0 bridgehead atoms.